The lowest BCUT2D eigenvalue weighted by molar-refractivity contribution is 0.0696. The maximum absolute atomic E-state index is 10.9. The summed E-state index contributed by atoms with van der Waals surface area (Å²) < 4.78 is 0. The van der Waals surface area contributed by atoms with Gasteiger partial charge in [0.2, 0.25) is 0 Å². The zero-order chi connectivity index (χ0) is 11.5. The number of carbonyl (C=O) groups is 1. The number of hydrogen-bond acceptors (Lipinski definition) is 2. The van der Waals surface area contributed by atoms with Crippen LogP contribution in [-0.4, -0.2) is 36.1 Å². The standard InChI is InChI=1S/C13H17NO2/c1-14-7-3-6-12(9-14)10-4-2-5-11(8-10)13(15)16/h2,4-5,8,12H,3,6-7,9H2,1H3,(H,15,16). The second-order valence-corrected chi connectivity index (χ2v) is 4.53. The minimum atomic E-state index is -0.842. The first-order valence-corrected chi connectivity index (χ1v) is 5.68. The molecule has 0 saturated carbocycles. The molecule has 0 spiro atoms. The van der Waals surface area contributed by atoms with Crippen molar-refractivity contribution >= 4 is 5.97 Å². The van der Waals surface area contributed by atoms with Crippen molar-refractivity contribution in [1.82, 2.24) is 4.90 Å². The zero-order valence-electron chi connectivity index (χ0n) is 9.52. The summed E-state index contributed by atoms with van der Waals surface area (Å²) in [6.45, 7) is 2.18. The molecule has 86 valence electrons. The maximum atomic E-state index is 10.9. The molecule has 1 aliphatic heterocycles. The van der Waals surface area contributed by atoms with E-state index in [1.54, 1.807) is 6.07 Å². The Hall–Kier alpha value is -1.35. The van der Waals surface area contributed by atoms with Crippen LogP contribution in [0.25, 0.3) is 0 Å². The smallest absolute Gasteiger partial charge is 0.335 e. The Morgan fingerprint density at radius 3 is 3.00 bits per heavy atom. The Balaban J connectivity index is 2.19. The summed E-state index contributed by atoms with van der Waals surface area (Å²) in [5.74, 6) is -0.357. The van der Waals surface area contributed by atoms with E-state index in [4.69, 9.17) is 5.11 Å². The Morgan fingerprint density at radius 1 is 1.50 bits per heavy atom. The molecular weight excluding hydrogens is 202 g/mol. The first-order valence-electron chi connectivity index (χ1n) is 5.68. The van der Waals surface area contributed by atoms with Crippen LogP contribution in [0.1, 0.15) is 34.7 Å². The van der Waals surface area contributed by atoms with Gasteiger partial charge in [0.15, 0.2) is 0 Å². The number of aromatic carboxylic acids is 1. The summed E-state index contributed by atoms with van der Waals surface area (Å²) in [6.07, 6.45) is 2.35. The molecule has 3 heteroatoms. The van der Waals surface area contributed by atoms with E-state index >= 15 is 0 Å². The molecule has 1 fully saturated rings. The normalized spacial score (nSPS) is 21.9. The second-order valence-electron chi connectivity index (χ2n) is 4.53. The van der Waals surface area contributed by atoms with Gasteiger partial charge in [0.1, 0.15) is 0 Å². The third-order valence-electron chi connectivity index (χ3n) is 3.23. The van der Waals surface area contributed by atoms with Gasteiger partial charge in [-0.05, 0) is 50.0 Å². The monoisotopic (exact) mass is 219 g/mol. The molecule has 1 aromatic carbocycles. The van der Waals surface area contributed by atoms with E-state index in [1.807, 2.05) is 18.2 Å². The summed E-state index contributed by atoms with van der Waals surface area (Å²) >= 11 is 0. The van der Waals surface area contributed by atoms with Crippen molar-refractivity contribution < 1.29 is 9.90 Å². The fourth-order valence-corrected chi connectivity index (χ4v) is 2.36. The van der Waals surface area contributed by atoms with Crippen molar-refractivity contribution in [1.29, 1.82) is 0 Å². The number of hydrogen-bond donors (Lipinski definition) is 1. The van der Waals surface area contributed by atoms with E-state index < -0.39 is 5.97 Å². The number of likely N-dealkylation sites (tertiary alicyclic amines) is 1. The largest absolute Gasteiger partial charge is 0.478 e. The predicted molar refractivity (Wildman–Crippen MR) is 62.9 cm³/mol. The summed E-state index contributed by atoms with van der Waals surface area (Å²) in [7, 11) is 2.12. The first-order chi connectivity index (χ1) is 7.66. The van der Waals surface area contributed by atoms with E-state index in [1.165, 1.54) is 6.42 Å². The minimum Gasteiger partial charge on any atom is -0.478 e. The molecule has 0 radical (unpaired) electrons. The number of carboxylic acid groups (broad SMARTS) is 1. The molecule has 2 rings (SSSR count). The molecule has 1 aromatic rings. The summed E-state index contributed by atoms with van der Waals surface area (Å²) in [5.41, 5.74) is 1.55. The Morgan fingerprint density at radius 2 is 2.31 bits per heavy atom. The van der Waals surface area contributed by atoms with Crippen LogP contribution in [0.15, 0.2) is 24.3 Å². The van der Waals surface area contributed by atoms with E-state index in [0.29, 0.717) is 11.5 Å². The van der Waals surface area contributed by atoms with Crippen LogP contribution in [0.3, 0.4) is 0 Å². The van der Waals surface area contributed by atoms with Crippen LogP contribution in [0.2, 0.25) is 0 Å². The van der Waals surface area contributed by atoms with Crippen LogP contribution < -0.4 is 0 Å². The third-order valence-corrected chi connectivity index (χ3v) is 3.23. The van der Waals surface area contributed by atoms with Crippen molar-refractivity contribution in [2.75, 3.05) is 20.1 Å². The topological polar surface area (TPSA) is 40.5 Å². The molecule has 1 saturated heterocycles. The van der Waals surface area contributed by atoms with Crippen LogP contribution in [-0.2, 0) is 0 Å². The van der Waals surface area contributed by atoms with E-state index in [-0.39, 0.29) is 0 Å². The number of piperidine rings is 1. The van der Waals surface area contributed by atoms with Gasteiger partial charge < -0.3 is 10.0 Å². The van der Waals surface area contributed by atoms with Gasteiger partial charge in [-0.25, -0.2) is 4.79 Å². The molecule has 0 bridgehead atoms. The van der Waals surface area contributed by atoms with Crippen molar-refractivity contribution in [3.05, 3.63) is 35.4 Å². The van der Waals surface area contributed by atoms with Crippen molar-refractivity contribution in [2.24, 2.45) is 0 Å². The first kappa shape index (κ1) is 11.1. The molecule has 1 N–H and O–H groups in total. The van der Waals surface area contributed by atoms with Gasteiger partial charge in [-0.15, -0.1) is 0 Å². The lowest BCUT2D eigenvalue weighted by Crippen LogP contribution is -2.30. The van der Waals surface area contributed by atoms with Gasteiger partial charge in [0.05, 0.1) is 5.56 Å². The van der Waals surface area contributed by atoms with Crippen molar-refractivity contribution in [2.45, 2.75) is 18.8 Å². The average Bonchev–Trinajstić information content (AvgIpc) is 2.29. The molecule has 16 heavy (non-hydrogen) atoms. The van der Waals surface area contributed by atoms with E-state index in [0.717, 1.165) is 25.1 Å². The molecular formula is C13H17NO2. The lowest BCUT2D eigenvalue weighted by Gasteiger charge is -2.30. The number of nitrogens with zero attached hydrogens (tertiary/aromatic N) is 1. The molecule has 1 heterocycles. The third kappa shape index (κ3) is 2.42. The second kappa shape index (κ2) is 4.66. The molecule has 3 nitrogen and oxygen atoms in total. The highest BCUT2D eigenvalue weighted by Crippen LogP contribution is 2.26. The molecule has 1 atom stereocenters. The summed E-state index contributed by atoms with van der Waals surface area (Å²) in [5, 5.41) is 8.95. The maximum Gasteiger partial charge on any atom is 0.335 e. The number of likely N-dealkylation sites (N-methyl/N-ethyl adjacent to an activating group) is 1. The molecule has 1 aliphatic rings. The van der Waals surface area contributed by atoms with Crippen LogP contribution >= 0.6 is 0 Å². The Labute approximate surface area is 95.7 Å². The molecule has 0 amide bonds. The quantitative estimate of drug-likeness (QED) is 0.829. The average molecular weight is 219 g/mol. The predicted octanol–water partition coefficient (Wildman–Crippen LogP) is 2.19. The van der Waals surface area contributed by atoms with Gasteiger partial charge in [0, 0.05) is 6.54 Å². The summed E-state index contributed by atoms with van der Waals surface area (Å²) in [4.78, 5) is 13.2. The van der Waals surface area contributed by atoms with E-state index in [9.17, 15) is 4.79 Å². The van der Waals surface area contributed by atoms with Gasteiger partial charge in [0.25, 0.3) is 0 Å². The van der Waals surface area contributed by atoms with Crippen LogP contribution in [0.4, 0.5) is 0 Å². The van der Waals surface area contributed by atoms with Gasteiger partial charge in [-0.1, -0.05) is 12.1 Å². The number of rotatable bonds is 2. The molecule has 0 aliphatic carbocycles. The van der Waals surface area contributed by atoms with Gasteiger partial charge in [-0.3, -0.25) is 0 Å². The fourth-order valence-electron chi connectivity index (χ4n) is 2.36. The fraction of sp³-hybridized carbons (Fsp3) is 0.462. The number of benzene rings is 1. The van der Waals surface area contributed by atoms with E-state index in [2.05, 4.69) is 11.9 Å². The number of carboxylic acids is 1. The van der Waals surface area contributed by atoms with Crippen LogP contribution in [0, 0.1) is 0 Å². The van der Waals surface area contributed by atoms with Gasteiger partial charge >= 0.3 is 5.97 Å². The Kier molecular flexibility index (Phi) is 3.25. The highest BCUT2D eigenvalue weighted by atomic mass is 16.4. The van der Waals surface area contributed by atoms with Crippen LogP contribution in [0.5, 0.6) is 0 Å². The molecule has 1 unspecified atom stereocenters. The van der Waals surface area contributed by atoms with Crippen molar-refractivity contribution in [3.8, 4) is 0 Å². The highest BCUT2D eigenvalue weighted by Gasteiger charge is 2.19. The minimum absolute atomic E-state index is 0.394. The van der Waals surface area contributed by atoms with Gasteiger partial charge in [-0.2, -0.15) is 0 Å². The zero-order valence-corrected chi connectivity index (χ0v) is 9.52. The lowest BCUT2D eigenvalue weighted by atomic mass is 9.90. The highest BCUT2D eigenvalue weighted by molar-refractivity contribution is 5.87. The van der Waals surface area contributed by atoms with Crippen molar-refractivity contribution in [3.63, 3.8) is 0 Å². The molecule has 0 aromatic heterocycles. The SMILES string of the molecule is CN1CCCC(c2cccc(C(=O)O)c2)C1. The Bertz CT molecular complexity index is 389. The summed E-state index contributed by atoms with van der Waals surface area (Å²) in [6, 6.07) is 7.34.